The van der Waals surface area contributed by atoms with Crippen molar-refractivity contribution in [3.63, 3.8) is 0 Å². The number of hydrogen-bond acceptors (Lipinski definition) is 5. The number of thiophene rings is 1. The van der Waals surface area contributed by atoms with Crippen LogP contribution in [0.3, 0.4) is 0 Å². The van der Waals surface area contributed by atoms with Gasteiger partial charge in [-0.05, 0) is 42.7 Å². The van der Waals surface area contributed by atoms with E-state index in [2.05, 4.69) is 46.3 Å². The summed E-state index contributed by atoms with van der Waals surface area (Å²) in [5.74, 6) is 0.424. The summed E-state index contributed by atoms with van der Waals surface area (Å²) in [4.78, 5) is 22.7. The molecule has 0 saturated carbocycles. The minimum Gasteiger partial charge on any atom is -0.383 e. The van der Waals surface area contributed by atoms with Gasteiger partial charge in [-0.15, -0.1) is 0 Å². The smallest absolute Gasteiger partial charge is 0.230 e. The molecule has 4 rings (SSSR count). The number of imidazole rings is 1. The van der Waals surface area contributed by atoms with Gasteiger partial charge in [-0.1, -0.05) is 0 Å². The molecule has 0 N–H and O–H groups in total. The Morgan fingerprint density at radius 1 is 1.43 bits per heavy atom. The van der Waals surface area contributed by atoms with Crippen LogP contribution in [0.5, 0.6) is 0 Å². The van der Waals surface area contributed by atoms with Crippen molar-refractivity contribution in [2.45, 2.75) is 38.8 Å². The Hall–Kier alpha value is -1.70. The van der Waals surface area contributed by atoms with Gasteiger partial charge in [0.25, 0.3) is 0 Å². The van der Waals surface area contributed by atoms with Crippen molar-refractivity contribution in [3.05, 3.63) is 40.6 Å². The predicted molar refractivity (Wildman–Crippen MR) is 110 cm³/mol. The lowest BCUT2D eigenvalue weighted by Gasteiger charge is -2.28. The maximum absolute atomic E-state index is 13.5. The van der Waals surface area contributed by atoms with E-state index in [1.807, 2.05) is 11.2 Å². The van der Waals surface area contributed by atoms with Crippen LogP contribution in [-0.4, -0.2) is 65.2 Å². The Balaban J connectivity index is 1.61. The molecule has 0 aromatic carbocycles. The van der Waals surface area contributed by atoms with Gasteiger partial charge in [-0.25, -0.2) is 4.98 Å². The first-order valence-electron chi connectivity index (χ1n) is 10.1. The van der Waals surface area contributed by atoms with Gasteiger partial charge in [0.1, 0.15) is 0 Å². The van der Waals surface area contributed by atoms with Gasteiger partial charge in [0.05, 0.1) is 24.0 Å². The molecule has 1 amide bonds. The van der Waals surface area contributed by atoms with Crippen molar-refractivity contribution in [1.82, 2.24) is 19.4 Å². The van der Waals surface area contributed by atoms with Gasteiger partial charge in [0, 0.05) is 58.0 Å². The Bertz CT molecular complexity index is 803. The average molecular weight is 403 g/mol. The maximum Gasteiger partial charge on any atom is 0.230 e. The minimum atomic E-state index is -0.361. The fraction of sp³-hybridized carbons (Fsp3) is 0.619. The predicted octanol–water partition coefficient (Wildman–Crippen LogP) is 2.99. The fourth-order valence-corrected chi connectivity index (χ4v) is 5.36. The van der Waals surface area contributed by atoms with Gasteiger partial charge >= 0.3 is 0 Å². The summed E-state index contributed by atoms with van der Waals surface area (Å²) in [5.41, 5.74) is 2.03. The lowest BCUT2D eigenvalue weighted by Crippen LogP contribution is -2.40. The summed E-state index contributed by atoms with van der Waals surface area (Å²) >= 11 is 1.73. The zero-order valence-electron chi connectivity index (χ0n) is 17.0. The number of likely N-dealkylation sites (tertiary alicyclic amines) is 2. The molecule has 0 aliphatic carbocycles. The molecular formula is C21H30N4O2S. The van der Waals surface area contributed by atoms with Crippen molar-refractivity contribution < 1.29 is 9.53 Å². The second-order valence-corrected chi connectivity index (χ2v) is 9.16. The third-order valence-corrected chi connectivity index (χ3v) is 7.01. The van der Waals surface area contributed by atoms with E-state index in [1.165, 1.54) is 5.56 Å². The van der Waals surface area contributed by atoms with E-state index in [1.54, 1.807) is 18.4 Å². The maximum atomic E-state index is 13.5. The second kappa shape index (κ2) is 7.97. The van der Waals surface area contributed by atoms with Crippen LogP contribution in [0, 0.1) is 5.41 Å². The molecule has 2 saturated heterocycles. The molecule has 28 heavy (non-hydrogen) atoms. The highest BCUT2D eigenvalue weighted by molar-refractivity contribution is 7.07. The Labute approximate surface area is 171 Å². The molecule has 2 aliphatic rings. The molecule has 1 spiro atoms. The molecular weight excluding hydrogens is 372 g/mol. The van der Waals surface area contributed by atoms with Crippen LogP contribution < -0.4 is 0 Å². The average Bonchev–Trinajstić information content (AvgIpc) is 3.44. The first-order chi connectivity index (χ1) is 13.5. The quantitative estimate of drug-likeness (QED) is 0.714. The number of carbonyl (C=O) groups is 1. The lowest BCUT2D eigenvalue weighted by molar-refractivity contribution is -0.136. The molecule has 4 heterocycles. The minimum absolute atomic E-state index is 0.145. The Morgan fingerprint density at radius 2 is 2.29 bits per heavy atom. The van der Waals surface area contributed by atoms with E-state index in [-0.39, 0.29) is 17.2 Å². The number of hydrogen-bond donors (Lipinski definition) is 0. The third kappa shape index (κ3) is 3.51. The number of aromatic nitrogens is 2. The summed E-state index contributed by atoms with van der Waals surface area (Å²) in [6.07, 6.45) is 4.96. The molecule has 2 fully saturated rings. The first kappa shape index (κ1) is 19.6. The van der Waals surface area contributed by atoms with Crippen molar-refractivity contribution in [2.75, 3.05) is 39.9 Å². The van der Waals surface area contributed by atoms with Crippen LogP contribution in [0.25, 0.3) is 0 Å². The summed E-state index contributed by atoms with van der Waals surface area (Å²) < 4.78 is 7.36. The number of ether oxygens (including phenoxy) is 1. The van der Waals surface area contributed by atoms with E-state index >= 15 is 0 Å². The van der Waals surface area contributed by atoms with Crippen LogP contribution in [0.4, 0.5) is 0 Å². The standard InChI is InChI=1S/C21H30N4O2S/c1-16(2)25-12-19(22-15-25)18-11-23(10-17-4-9-28-13-17)14-21(18)5-6-24(20(21)26)7-8-27-3/h4,9,12-13,15-16,18H,5-8,10-11,14H2,1-3H3. The van der Waals surface area contributed by atoms with Crippen molar-refractivity contribution in [3.8, 4) is 0 Å². The van der Waals surface area contributed by atoms with Gasteiger partial charge in [0.2, 0.25) is 5.91 Å². The molecule has 7 heteroatoms. The molecule has 0 bridgehead atoms. The number of rotatable bonds is 7. The topological polar surface area (TPSA) is 50.6 Å². The van der Waals surface area contributed by atoms with Crippen LogP contribution in [-0.2, 0) is 16.1 Å². The second-order valence-electron chi connectivity index (χ2n) is 8.38. The van der Waals surface area contributed by atoms with E-state index in [9.17, 15) is 4.79 Å². The highest BCUT2D eigenvalue weighted by atomic mass is 32.1. The SMILES string of the molecule is COCCN1CCC2(CN(Cc3ccsc3)CC2c2cn(C(C)C)cn2)C1=O. The Morgan fingerprint density at radius 3 is 2.96 bits per heavy atom. The first-order valence-corrected chi connectivity index (χ1v) is 11.0. The van der Waals surface area contributed by atoms with Crippen LogP contribution >= 0.6 is 11.3 Å². The lowest BCUT2D eigenvalue weighted by atomic mass is 9.75. The zero-order chi connectivity index (χ0) is 19.7. The van der Waals surface area contributed by atoms with Gasteiger partial charge in [-0.2, -0.15) is 11.3 Å². The molecule has 2 aliphatic heterocycles. The van der Waals surface area contributed by atoms with Crippen molar-refractivity contribution >= 4 is 17.2 Å². The Kier molecular flexibility index (Phi) is 5.58. The normalized spacial score (nSPS) is 25.6. The summed E-state index contributed by atoms with van der Waals surface area (Å²) in [7, 11) is 1.69. The number of methoxy groups -OCH3 is 1. The van der Waals surface area contributed by atoms with E-state index in [4.69, 9.17) is 9.72 Å². The summed E-state index contributed by atoms with van der Waals surface area (Å²) in [5, 5.41) is 4.32. The highest BCUT2D eigenvalue weighted by Gasteiger charge is 2.57. The van der Waals surface area contributed by atoms with E-state index in [0.717, 1.165) is 38.3 Å². The zero-order valence-corrected chi connectivity index (χ0v) is 17.8. The monoisotopic (exact) mass is 402 g/mol. The molecule has 0 radical (unpaired) electrons. The number of amides is 1. The van der Waals surface area contributed by atoms with Crippen LogP contribution in [0.15, 0.2) is 29.4 Å². The van der Waals surface area contributed by atoms with Gasteiger partial charge < -0.3 is 14.2 Å². The van der Waals surface area contributed by atoms with Gasteiger partial charge in [-0.3, -0.25) is 9.69 Å². The van der Waals surface area contributed by atoms with Gasteiger partial charge in [0.15, 0.2) is 0 Å². The molecule has 2 atom stereocenters. The molecule has 2 aromatic rings. The van der Waals surface area contributed by atoms with Crippen molar-refractivity contribution in [1.29, 1.82) is 0 Å². The van der Waals surface area contributed by atoms with Crippen LogP contribution in [0.1, 0.15) is 43.5 Å². The molecule has 6 nitrogen and oxygen atoms in total. The van der Waals surface area contributed by atoms with Crippen LogP contribution in [0.2, 0.25) is 0 Å². The van der Waals surface area contributed by atoms with E-state index < -0.39 is 0 Å². The number of carbonyl (C=O) groups excluding carboxylic acids is 1. The number of nitrogens with zero attached hydrogens (tertiary/aromatic N) is 4. The highest BCUT2D eigenvalue weighted by Crippen LogP contribution is 2.49. The molecule has 152 valence electrons. The van der Waals surface area contributed by atoms with E-state index in [0.29, 0.717) is 19.2 Å². The molecule has 2 aromatic heterocycles. The largest absolute Gasteiger partial charge is 0.383 e. The summed E-state index contributed by atoms with van der Waals surface area (Å²) in [6, 6.07) is 2.55. The fourth-order valence-electron chi connectivity index (χ4n) is 4.70. The third-order valence-electron chi connectivity index (χ3n) is 6.28. The summed E-state index contributed by atoms with van der Waals surface area (Å²) in [6.45, 7) is 8.99. The van der Waals surface area contributed by atoms with Crippen molar-refractivity contribution in [2.24, 2.45) is 5.41 Å². The molecule has 2 unspecified atom stereocenters.